The standard InChI is InChI=1S/C12H17NO2/c1-12(2)14-8-10(13)11(15-12)9-6-4-3-5-7-9/h3-7,10-11H,8,13H2,1-2H3/t10-,11+/m0/s1. The van der Waals surface area contributed by atoms with Gasteiger partial charge in [0.1, 0.15) is 6.10 Å². The molecule has 2 N–H and O–H groups in total. The lowest BCUT2D eigenvalue weighted by Crippen LogP contribution is -2.48. The molecule has 1 saturated heterocycles. The predicted molar refractivity (Wildman–Crippen MR) is 58.3 cm³/mol. The Morgan fingerprint density at radius 1 is 1.27 bits per heavy atom. The molecular weight excluding hydrogens is 190 g/mol. The molecule has 1 heterocycles. The zero-order valence-corrected chi connectivity index (χ0v) is 9.14. The quantitative estimate of drug-likeness (QED) is 0.764. The SMILES string of the molecule is CC1(C)OC[C@H](N)[C@@H](c2ccccc2)O1. The molecular formula is C12H17NO2. The maximum Gasteiger partial charge on any atom is 0.163 e. The molecule has 0 amide bonds. The van der Waals surface area contributed by atoms with Gasteiger partial charge in [-0.1, -0.05) is 30.3 Å². The second-order valence-electron chi connectivity index (χ2n) is 4.32. The first kappa shape index (κ1) is 10.6. The lowest BCUT2D eigenvalue weighted by molar-refractivity contribution is -0.281. The molecule has 0 bridgehead atoms. The minimum absolute atomic E-state index is 0.0741. The Kier molecular flexibility index (Phi) is 2.78. The minimum atomic E-state index is -0.545. The van der Waals surface area contributed by atoms with Crippen molar-refractivity contribution in [2.24, 2.45) is 5.73 Å². The summed E-state index contributed by atoms with van der Waals surface area (Å²) in [6.45, 7) is 4.36. The van der Waals surface area contributed by atoms with Crippen molar-refractivity contribution in [1.29, 1.82) is 0 Å². The molecule has 1 aliphatic heterocycles. The molecule has 0 unspecified atom stereocenters. The van der Waals surface area contributed by atoms with Crippen LogP contribution in [0.4, 0.5) is 0 Å². The van der Waals surface area contributed by atoms with Gasteiger partial charge in [0.2, 0.25) is 0 Å². The van der Waals surface area contributed by atoms with Crippen molar-refractivity contribution in [2.45, 2.75) is 31.8 Å². The highest BCUT2D eigenvalue weighted by molar-refractivity contribution is 5.19. The summed E-state index contributed by atoms with van der Waals surface area (Å²) in [7, 11) is 0. The van der Waals surface area contributed by atoms with Crippen LogP contribution < -0.4 is 5.73 Å². The van der Waals surface area contributed by atoms with Crippen LogP contribution in [0.3, 0.4) is 0 Å². The van der Waals surface area contributed by atoms with Crippen molar-refractivity contribution in [1.82, 2.24) is 0 Å². The van der Waals surface area contributed by atoms with Crippen molar-refractivity contribution < 1.29 is 9.47 Å². The third-order valence-electron chi connectivity index (χ3n) is 2.55. The summed E-state index contributed by atoms with van der Waals surface area (Å²) in [5.74, 6) is -0.545. The van der Waals surface area contributed by atoms with Gasteiger partial charge in [0.25, 0.3) is 0 Å². The number of hydrogen-bond donors (Lipinski definition) is 1. The van der Waals surface area contributed by atoms with E-state index in [9.17, 15) is 0 Å². The van der Waals surface area contributed by atoms with Crippen LogP contribution >= 0.6 is 0 Å². The topological polar surface area (TPSA) is 44.5 Å². The number of benzene rings is 1. The van der Waals surface area contributed by atoms with Crippen LogP contribution in [0.15, 0.2) is 30.3 Å². The Bertz CT molecular complexity index is 324. The van der Waals surface area contributed by atoms with Gasteiger partial charge in [0, 0.05) is 0 Å². The molecule has 2 rings (SSSR count). The zero-order valence-electron chi connectivity index (χ0n) is 9.14. The zero-order chi connectivity index (χ0) is 10.9. The molecule has 0 radical (unpaired) electrons. The molecule has 0 aromatic heterocycles. The van der Waals surface area contributed by atoms with Gasteiger partial charge in [-0.2, -0.15) is 0 Å². The van der Waals surface area contributed by atoms with E-state index >= 15 is 0 Å². The van der Waals surface area contributed by atoms with Gasteiger partial charge in [-0.15, -0.1) is 0 Å². The maximum atomic E-state index is 5.98. The van der Waals surface area contributed by atoms with Crippen LogP contribution in [0.2, 0.25) is 0 Å². The summed E-state index contributed by atoms with van der Waals surface area (Å²) >= 11 is 0. The average molecular weight is 207 g/mol. The number of hydrogen-bond acceptors (Lipinski definition) is 3. The molecule has 0 spiro atoms. The van der Waals surface area contributed by atoms with Gasteiger partial charge in [-0.05, 0) is 19.4 Å². The summed E-state index contributed by atoms with van der Waals surface area (Å²) in [5, 5.41) is 0. The van der Waals surface area contributed by atoms with Crippen molar-refractivity contribution >= 4 is 0 Å². The summed E-state index contributed by atoms with van der Waals surface area (Å²) < 4.78 is 11.3. The van der Waals surface area contributed by atoms with E-state index in [2.05, 4.69) is 0 Å². The van der Waals surface area contributed by atoms with Gasteiger partial charge < -0.3 is 15.2 Å². The maximum absolute atomic E-state index is 5.98. The van der Waals surface area contributed by atoms with Crippen molar-refractivity contribution in [2.75, 3.05) is 6.61 Å². The highest BCUT2D eigenvalue weighted by atomic mass is 16.7. The van der Waals surface area contributed by atoms with Gasteiger partial charge in [0.15, 0.2) is 5.79 Å². The molecule has 1 aliphatic rings. The summed E-state index contributed by atoms with van der Waals surface area (Å²) in [5.41, 5.74) is 7.09. The Balaban J connectivity index is 2.20. The van der Waals surface area contributed by atoms with Gasteiger partial charge in [-0.25, -0.2) is 0 Å². The Morgan fingerprint density at radius 3 is 2.60 bits per heavy atom. The first-order valence-corrected chi connectivity index (χ1v) is 5.21. The van der Waals surface area contributed by atoms with Gasteiger partial charge in [-0.3, -0.25) is 0 Å². The Morgan fingerprint density at radius 2 is 1.93 bits per heavy atom. The lowest BCUT2D eigenvalue weighted by atomic mass is 10.0. The van der Waals surface area contributed by atoms with E-state index in [4.69, 9.17) is 15.2 Å². The van der Waals surface area contributed by atoms with Crippen LogP contribution in [0, 0.1) is 0 Å². The average Bonchev–Trinajstić information content (AvgIpc) is 2.23. The molecule has 3 nitrogen and oxygen atoms in total. The monoisotopic (exact) mass is 207 g/mol. The van der Waals surface area contributed by atoms with Crippen molar-refractivity contribution in [3.05, 3.63) is 35.9 Å². The summed E-state index contributed by atoms with van der Waals surface area (Å²) in [4.78, 5) is 0. The largest absolute Gasteiger partial charge is 0.349 e. The fraction of sp³-hybridized carbons (Fsp3) is 0.500. The fourth-order valence-electron chi connectivity index (χ4n) is 1.77. The fourth-order valence-corrected chi connectivity index (χ4v) is 1.77. The van der Waals surface area contributed by atoms with Crippen LogP contribution in [0.1, 0.15) is 25.5 Å². The van der Waals surface area contributed by atoms with Crippen LogP contribution in [0.25, 0.3) is 0 Å². The number of ether oxygens (including phenoxy) is 2. The van der Waals surface area contributed by atoms with E-state index < -0.39 is 5.79 Å². The minimum Gasteiger partial charge on any atom is -0.349 e. The summed E-state index contributed by atoms with van der Waals surface area (Å²) in [6, 6.07) is 9.94. The molecule has 82 valence electrons. The van der Waals surface area contributed by atoms with E-state index in [0.29, 0.717) is 6.61 Å². The highest BCUT2D eigenvalue weighted by Gasteiger charge is 2.35. The van der Waals surface area contributed by atoms with Gasteiger partial charge in [0.05, 0.1) is 12.6 Å². The predicted octanol–water partition coefficient (Wildman–Crippen LogP) is 1.84. The molecule has 1 aromatic carbocycles. The molecule has 1 aromatic rings. The Hall–Kier alpha value is -0.900. The second kappa shape index (κ2) is 3.93. The van der Waals surface area contributed by atoms with E-state index in [1.807, 2.05) is 44.2 Å². The molecule has 0 aliphatic carbocycles. The first-order chi connectivity index (χ1) is 7.08. The second-order valence-corrected chi connectivity index (χ2v) is 4.32. The molecule has 1 fully saturated rings. The summed E-state index contributed by atoms with van der Waals surface area (Å²) in [6.07, 6.45) is -0.0741. The number of rotatable bonds is 1. The Labute approximate surface area is 90.2 Å². The lowest BCUT2D eigenvalue weighted by Gasteiger charge is -2.39. The van der Waals surface area contributed by atoms with E-state index in [0.717, 1.165) is 5.56 Å². The molecule has 2 atom stereocenters. The first-order valence-electron chi connectivity index (χ1n) is 5.21. The normalized spacial score (nSPS) is 30.1. The van der Waals surface area contributed by atoms with Crippen LogP contribution in [0.5, 0.6) is 0 Å². The molecule has 3 heteroatoms. The van der Waals surface area contributed by atoms with E-state index in [-0.39, 0.29) is 12.1 Å². The number of nitrogens with two attached hydrogens (primary N) is 1. The third-order valence-corrected chi connectivity index (χ3v) is 2.55. The van der Waals surface area contributed by atoms with Crippen LogP contribution in [-0.2, 0) is 9.47 Å². The highest BCUT2D eigenvalue weighted by Crippen LogP contribution is 2.31. The van der Waals surface area contributed by atoms with Gasteiger partial charge >= 0.3 is 0 Å². The smallest absolute Gasteiger partial charge is 0.163 e. The van der Waals surface area contributed by atoms with E-state index in [1.165, 1.54) is 0 Å². The van der Waals surface area contributed by atoms with E-state index in [1.54, 1.807) is 0 Å². The van der Waals surface area contributed by atoms with Crippen molar-refractivity contribution in [3.63, 3.8) is 0 Å². The van der Waals surface area contributed by atoms with Crippen molar-refractivity contribution in [3.8, 4) is 0 Å². The molecule has 15 heavy (non-hydrogen) atoms. The third kappa shape index (κ3) is 2.37. The van der Waals surface area contributed by atoms with Crippen LogP contribution in [-0.4, -0.2) is 18.4 Å². The molecule has 0 saturated carbocycles.